The number of hydrogen-bond donors (Lipinski definition) is 1. The maximum absolute atomic E-state index is 5.02. The summed E-state index contributed by atoms with van der Waals surface area (Å²) in [5.41, 5.74) is 2.66. The number of nitrogens with one attached hydrogen (secondary N) is 1. The molecule has 0 fully saturated rings. The molecular formula is C7H11N5S. The van der Waals surface area contributed by atoms with E-state index in [4.69, 9.17) is 12.2 Å². The Balaban J connectivity index is 2.82. The summed E-state index contributed by atoms with van der Waals surface area (Å²) < 4.78 is 1.54. The zero-order valence-electron chi connectivity index (χ0n) is 7.77. The molecule has 1 heterocycles. The van der Waals surface area contributed by atoms with Gasteiger partial charge in [0.05, 0.1) is 0 Å². The second kappa shape index (κ2) is 4.08. The first-order chi connectivity index (χ1) is 6.15. The van der Waals surface area contributed by atoms with Crippen LogP contribution >= 0.6 is 12.2 Å². The van der Waals surface area contributed by atoms with Gasteiger partial charge < -0.3 is 0 Å². The Labute approximate surface area is 81.9 Å². The van der Waals surface area contributed by atoms with Crippen molar-refractivity contribution in [2.75, 3.05) is 0 Å². The van der Waals surface area contributed by atoms with Gasteiger partial charge in [-0.05, 0) is 33.0 Å². The van der Waals surface area contributed by atoms with Crippen LogP contribution < -0.4 is 5.43 Å². The van der Waals surface area contributed by atoms with Crippen LogP contribution in [-0.4, -0.2) is 26.1 Å². The van der Waals surface area contributed by atoms with Gasteiger partial charge in [-0.25, -0.2) is 4.98 Å². The molecule has 6 heteroatoms. The van der Waals surface area contributed by atoms with Crippen LogP contribution in [0.5, 0.6) is 0 Å². The van der Waals surface area contributed by atoms with Gasteiger partial charge in [-0.3, -0.25) is 5.43 Å². The van der Waals surface area contributed by atoms with Gasteiger partial charge in [-0.1, -0.05) is 0 Å². The van der Waals surface area contributed by atoms with Gasteiger partial charge in [0.15, 0.2) is 0 Å². The Morgan fingerprint density at radius 2 is 2.31 bits per heavy atom. The fraction of sp³-hybridized carbons (Fsp3) is 0.429. The summed E-state index contributed by atoms with van der Waals surface area (Å²) in [6, 6.07) is 0. The second-order valence-corrected chi connectivity index (χ2v) is 2.81. The van der Waals surface area contributed by atoms with Crippen LogP contribution in [-0.2, 0) is 0 Å². The topological polar surface area (TPSA) is 55.1 Å². The number of hydrogen-bond acceptors (Lipinski definition) is 4. The average Bonchev–Trinajstić information content (AvgIpc) is 2.41. The minimum absolute atomic E-state index is 0.427. The predicted octanol–water partition coefficient (Wildman–Crippen LogP) is 0.623. The number of thiocarbonyl (C=S) groups is 1. The molecule has 0 spiro atoms. The average molecular weight is 197 g/mol. The minimum Gasteiger partial charge on any atom is -0.252 e. The maximum Gasteiger partial charge on any atom is 0.216 e. The van der Waals surface area contributed by atoms with Crippen LogP contribution in [0.1, 0.15) is 18.6 Å². The number of rotatable bonds is 1. The van der Waals surface area contributed by atoms with E-state index in [2.05, 4.69) is 20.6 Å². The fourth-order valence-corrected chi connectivity index (χ4v) is 1.11. The smallest absolute Gasteiger partial charge is 0.216 e. The molecule has 1 aromatic rings. The highest BCUT2D eigenvalue weighted by Gasteiger charge is 2.05. The lowest BCUT2D eigenvalue weighted by Crippen LogP contribution is -2.25. The summed E-state index contributed by atoms with van der Waals surface area (Å²) in [5.74, 6) is 1.45. The Bertz CT molecular complexity index is 341. The van der Waals surface area contributed by atoms with E-state index < -0.39 is 0 Å². The Hall–Kier alpha value is -1.30. The van der Waals surface area contributed by atoms with E-state index >= 15 is 0 Å². The molecule has 0 aliphatic carbocycles. The predicted molar refractivity (Wildman–Crippen MR) is 54.8 cm³/mol. The van der Waals surface area contributed by atoms with E-state index in [0.29, 0.717) is 10.9 Å². The number of nitrogens with zero attached hydrogens (tertiary/aromatic N) is 4. The molecule has 0 amide bonds. The van der Waals surface area contributed by atoms with Crippen LogP contribution in [0.4, 0.5) is 0 Å². The molecule has 0 saturated heterocycles. The molecule has 0 aromatic carbocycles. The van der Waals surface area contributed by atoms with Crippen molar-refractivity contribution in [3.05, 3.63) is 11.6 Å². The molecule has 0 bridgehead atoms. The first-order valence-electron chi connectivity index (χ1n) is 3.83. The molecule has 0 aliphatic rings. The summed E-state index contributed by atoms with van der Waals surface area (Å²) >= 11 is 5.02. The van der Waals surface area contributed by atoms with Crippen molar-refractivity contribution < 1.29 is 0 Å². The van der Waals surface area contributed by atoms with Gasteiger partial charge in [0, 0.05) is 6.21 Å². The Morgan fingerprint density at radius 3 is 2.77 bits per heavy atom. The third kappa shape index (κ3) is 2.32. The number of hydrazone groups is 1. The molecule has 13 heavy (non-hydrogen) atoms. The first-order valence-corrected chi connectivity index (χ1v) is 4.24. The van der Waals surface area contributed by atoms with Crippen molar-refractivity contribution in [3.8, 4) is 0 Å². The molecule has 0 atom stereocenters. The largest absolute Gasteiger partial charge is 0.252 e. The molecule has 1 N–H and O–H groups in total. The summed E-state index contributed by atoms with van der Waals surface area (Å²) in [6.45, 7) is 5.45. The normalized spacial score (nSPS) is 10.7. The van der Waals surface area contributed by atoms with Crippen molar-refractivity contribution in [1.29, 1.82) is 0 Å². The lowest BCUT2D eigenvalue weighted by atomic mass is 10.7. The lowest BCUT2D eigenvalue weighted by molar-refractivity contribution is 0.838. The minimum atomic E-state index is 0.427. The first kappa shape index (κ1) is 9.79. The third-order valence-corrected chi connectivity index (χ3v) is 1.62. The van der Waals surface area contributed by atoms with E-state index in [-0.39, 0.29) is 0 Å². The van der Waals surface area contributed by atoms with Crippen molar-refractivity contribution >= 4 is 23.5 Å². The highest BCUT2D eigenvalue weighted by Crippen LogP contribution is 1.94. The second-order valence-electron chi connectivity index (χ2n) is 2.42. The van der Waals surface area contributed by atoms with Gasteiger partial charge in [-0.15, -0.1) is 5.10 Å². The highest BCUT2D eigenvalue weighted by atomic mass is 32.1. The third-order valence-electron chi connectivity index (χ3n) is 1.36. The molecule has 1 rings (SSSR count). The summed E-state index contributed by atoms with van der Waals surface area (Å²) in [5, 5.41) is 8.31. The van der Waals surface area contributed by atoms with E-state index in [1.54, 1.807) is 13.1 Å². The van der Waals surface area contributed by atoms with Crippen molar-refractivity contribution in [1.82, 2.24) is 20.2 Å². The van der Waals surface area contributed by atoms with Gasteiger partial charge in [0.1, 0.15) is 11.6 Å². The molecule has 5 nitrogen and oxygen atoms in total. The van der Waals surface area contributed by atoms with Crippen LogP contribution in [0.3, 0.4) is 0 Å². The monoisotopic (exact) mass is 197 g/mol. The van der Waals surface area contributed by atoms with Gasteiger partial charge in [0.25, 0.3) is 0 Å². The molecule has 0 aliphatic heterocycles. The molecule has 1 aromatic heterocycles. The SMILES string of the molecule is C/C=N\NC(=S)n1nc(C)nc1C. The van der Waals surface area contributed by atoms with Crippen molar-refractivity contribution in [3.63, 3.8) is 0 Å². The van der Waals surface area contributed by atoms with E-state index in [1.807, 2.05) is 13.8 Å². The van der Waals surface area contributed by atoms with Crippen LogP contribution in [0.25, 0.3) is 0 Å². The van der Waals surface area contributed by atoms with E-state index in [9.17, 15) is 0 Å². The fourth-order valence-electron chi connectivity index (χ4n) is 0.880. The molecule has 0 radical (unpaired) electrons. The van der Waals surface area contributed by atoms with Gasteiger partial charge >= 0.3 is 0 Å². The lowest BCUT2D eigenvalue weighted by Gasteiger charge is -2.02. The van der Waals surface area contributed by atoms with Gasteiger partial charge in [0.2, 0.25) is 5.11 Å². The number of aromatic nitrogens is 3. The van der Waals surface area contributed by atoms with Crippen molar-refractivity contribution in [2.24, 2.45) is 5.10 Å². The van der Waals surface area contributed by atoms with E-state index in [1.165, 1.54) is 4.68 Å². The van der Waals surface area contributed by atoms with Crippen LogP contribution in [0, 0.1) is 13.8 Å². The van der Waals surface area contributed by atoms with E-state index in [0.717, 1.165) is 5.82 Å². The van der Waals surface area contributed by atoms with Crippen LogP contribution in [0.2, 0.25) is 0 Å². The van der Waals surface area contributed by atoms with Crippen molar-refractivity contribution in [2.45, 2.75) is 20.8 Å². The van der Waals surface area contributed by atoms with Gasteiger partial charge in [-0.2, -0.15) is 9.78 Å². The van der Waals surface area contributed by atoms with Crippen LogP contribution in [0.15, 0.2) is 5.10 Å². The summed E-state index contributed by atoms with van der Waals surface area (Å²) in [6.07, 6.45) is 1.62. The summed E-state index contributed by atoms with van der Waals surface area (Å²) in [4.78, 5) is 4.11. The Morgan fingerprint density at radius 1 is 1.62 bits per heavy atom. The molecule has 0 unspecified atom stereocenters. The summed E-state index contributed by atoms with van der Waals surface area (Å²) in [7, 11) is 0. The number of aryl methyl sites for hydroxylation is 2. The highest BCUT2D eigenvalue weighted by molar-refractivity contribution is 7.80. The standard InChI is InChI=1S/C7H11N5S/c1-4-8-10-7(13)12-6(3)9-5(2)11-12/h4H,1-3H3,(H,10,13)/b8-4-. The maximum atomic E-state index is 5.02. The molecular weight excluding hydrogens is 186 g/mol. The molecule has 70 valence electrons. The zero-order valence-corrected chi connectivity index (χ0v) is 8.59. The Kier molecular flexibility index (Phi) is 3.07. The quantitative estimate of drug-likeness (QED) is 0.407. The molecule has 0 saturated carbocycles. The zero-order chi connectivity index (χ0) is 9.84.